The first-order valence-corrected chi connectivity index (χ1v) is 6.95. The van der Waals surface area contributed by atoms with E-state index < -0.39 is 5.54 Å². The van der Waals surface area contributed by atoms with E-state index in [1.807, 2.05) is 6.92 Å². The number of nitrogens with zero attached hydrogens (tertiary/aromatic N) is 1. The van der Waals surface area contributed by atoms with E-state index in [9.17, 15) is 14.4 Å². The smallest absolute Gasteiger partial charge is 0.261 e. The minimum Gasteiger partial charge on any atom is -0.324 e. The molecule has 1 unspecified atom stereocenters. The monoisotopic (exact) mass is 287 g/mol. The lowest BCUT2D eigenvalue weighted by atomic mass is 9.99. The van der Waals surface area contributed by atoms with E-state index in [0.717, 1.165) is 24.3 Å². The lowest BCUT2D eigenvalue weighted by Gasteiger charge is -2.23. The SMILES string of the molecule is CN1C(=O)c2ccc(NC(=O)C3(C)CCCN3)cc2C1=O. The van der Waals surface area contributed by atoms with Gasteiger partial charge in [-0.25, -0.2) is 0 Å². The third-order valence-corrected chi connectivity index (χ3v) is 4.22. The van der Waals surface area contributed by atoms with Crippen molar-refractivity contribution in [2.24, 2.45) is 0 Å². The fraction of sp³-hybridized carbons (Fsp3) is 0.400. The standard InChI is InChI=1S/C15H17N3O3/c1-15(6-3-7-16-15)14(21)17-9-4-5-10-11(8-9)13(20)18(2)12(10)19/h4-5,8,16H,3,6-7H2,1-2H3,(H,17,21). The zero-order chi connectivity index (χ0) is 15.2. The van der Waals surface area contributed by atoms with Crippen molar-refractivity contribution >= 4 is 23.4 Å². The van der Waals surface area contributed by atoms with Gasteiger partial charge < -0.3 is 10.6 Å². The van der Waals surface area contributed by atoms with Crippen LogP contribution >= 0.6 is 0 Å². The molecule has 2 N–H and O–H groups in total. The molecule has 1 atom stereocenters. The first kappa shape index (κ1) is 13.8. The van der Waals surface area contributed by atoms with Crippen molar-refractivity contribution in [2.75, 3.05) is 18.9 Å². The minimum atomic E-state index is -0.574. The molecule has 0 radical (unpaired) electrons. The number of hydrogen-bond acceptors (Lipinski definition) is 4. The average molecular weight is 287 g/mol. The van der Waals surface area contributed by atoms with E-state index in [2.05, 4.69) is 10.6 Å². The number of benzene rings is 1. The van der Waals surface area contributed by atoms with E-state index in [1.54, 1.807) is 18.2 Å². The topological polar surface area (TPSA) is 78.5 Å². The minimum absolute atomic E-state index is 0.120. The summed E-state index contributed by atoms with van der Waals surface area (Å²) in [4.78, 5) is 37.1. The molecule has 1 aromatic carbocycles. The van der Waals surface area contributed by atoms with Crippen LogP contribution in [0.2, 0.25) is 0 Å². The van der Waals surface area contributed by atoms with Gasteiger partial charge in [0.2, 0.25) is 5.91 Å². The number of imide groups is 1. The molecule has 1 saturated heterocycles. The lowest BCUT2D eigenvalue weighted by molar-refractivity contribution is -0.121. The molecule has 1 aromatic rings. The van der Waals surface area contributed by atoms with Gasteiger partial charge in [0.1, 0.15) is 0 Å². The Morgan fingerprint density at radius 3 is 2.67 bits per heavy atom. The Morgan fingerprint density at radius 1 is 1.29 bits per heavy atom. The summed E-state index contributed by atoms with van der Waals surface area (Å²) in [5.41, 5.74) is 0.677. The molecule has 1 fully saturated rings. The third-order valence-electron chi connectivity index (χ3n) is 4.22. The van der Waals surface area contributed by atoms with E-state index in [1.165, 1.54) is 7.05 Å². The fourth-order valence-electron chi connectivity index (χ4n) is 2.80. The van der Waals surface area contributed by atoms with Crippen molar-refractivity contribution < 1.29 is 14.4 Å². The first-order chi connectivity index (χ1) is 9.92. The van der Waals surface area contributed by atoms with Gasteiger partial charge in [0.25, 0.3) is 11.8 Å². The van der Waals surface area contributed by atoms with Crippen molar-refractivity contribution in [3.63, 3.8) is 0 Å². The van der Waals surface area contributed by atoms with Crippen LogP contribution in [0, 0.1) is 0 Å². The lowest BCUT2D eigenvalue weighted by Crippen LogP contribution is -2.47. The van der Waals surface area contributed by atoms with Crippen LogP contribution < -0.4 is 10.6 Å². The first-order valence-electron chi connectivity index (χ1n) is 6.95. The van der Waals surface area contributed by atoms with Crippen molar-refractivity contribution in [3.05, 3.63) is 29.3 Å². The van der Waals surface area contributed by atoms with Gasteiger partial charge in [-0.2, -0.15) is 0 Å². The molecule has 2 aliphatic heterocycles. The summed E-state index contributed by atoms with van der Waals surface area (Å²) in [7, 11) is 1.45. The second-order valence-corrected chi connectivity index (χ2v) is 5.75. The van der Waals surface area contributed by atoms with Crippen molar-refractivity contribution in [1.82, 2.24) is 10.2 Å². The molecule has 2 heterocycles. The van der Waals surface area contributed by atoms with E-state index in [4.69, 9.17) is 0 Å². The molecule has 0 aliphatic carbocycles. The van der Waals surface area contributed by atoms with E-state index in [0.29, 0.717) is 16.8 Å². The van der Waals surface area contributed by atoms with Gasteiger partial charge >= 0.3 is 0 Å². The maximum Gasteiger partial charge on any atom is 0.261 e. The molecular weight excluding hydrogens is 270 g/mol. The second kappa shape index (κ2) is 4.66. The van der Waals surface area contributed by atoms with Crippen LogP contribution in [0.4, 0.5) is 5.69 Å². The fourth-order valence-corrected chi connectivity index (χ4v) is 2.80. The number of fused-ring (bicyclic) bond motifs is 1. The van der Waals surface area contributed by atoms with Gasteiger partial charge in [-0.3, -0.25) is 19.3 Å². The van der Waals surface area contributed by atoms with Crippen molar-refractivity contribution in [2.45, 2.75) is 25.3 Å². The molecule has 110 valence electrons. The highest BCUT2D eigenvalue weighted by Crippen LogP contribution is 2.26. The van der Waals surface area contributed by atoms with Crippen LogP contribution in [0.25, 0.3) is 0 Å². The highest BCUT2D eigenvalue weighted by Gasteiger charge is 2.37. The summed E-state index contributed by atoms with van der Waals surface area (Å²) >= 11 is 0. The van der Waals surface area contributed by atoms with Gasteiger partial charge in [0, 0.05) is 12.7 Å². The Morgan fingerprint density at radius 2 is 2.00 bits per heavy atom. The largest absolute Gasteiger partial charge is 0.324 e. The molecule has 21 heavy (non-hydrogen) atoms. The Hall–Kier alpha value is -2.21. The Bertz CT molecular complexity index is 648. The Labute approximate surface area is 122 Å². The van der Waals surface area contributed by atoms with Gasteiger partial charge in [0.15, 0.2) is 0 Å². The molecule has 2 aliphatic rings. The molecule has 0 aromatic heterocycles. The van der Waals surface area contributed by atoms with Gasteiger partial charge in [-0.05, 0) is 44.5 Å². The van der Waals surface area contributed by atoms with Crippen molar-refractivity contribution in [3.8, 4) is 0 Å². The number of anilines is 1. The average Bonchev–Trinajstić information content (AvgIpc) is 3.00. The van der Waals surface area contributed by atoms with Crippen LogP contribution in [0.3, 0.4) is 0 Å². The maximum absolute atomic E-state index is 12.3. The number of nitrogens with one attached hydrogen (secondary N) is 2. The van der Waals surface area contributed by atoms with Crippen LogP contribution in [0.15, 0.2) is 18.2 Å². The highest BCUT2D eigenvalue weighted by molar-refractivity contribution is 6.21. The van der Waals surface area contributed by atoms with E-state index >= 15 is 0 Å². The summed E-state index contributed by atoms with van der Waals surface area (Å²) in [5, 5.41) is 6.01. The molecule has 0 saturated carbocycles. The predicted octanol–water partition coefficient (Wildman–Crippen LogP) is 0.993. The zero-order valence-corrected chi connectivity index (χ0v) is 12.0. The zero-order valence-electron chi connectivity index (χ0n) is 12.0. The summed E-state index contributed by atoms with van der Waals surface area (Å²) in [6.45, 7) is 2.69. The van der Waals surface area contributed by atoms with Crippen molar-refractivity contribution in [1.29, 1.82) is 0 Å². The van der Waals surface area contributed by atoms with Gasteiger partial charge in [-0.1, -0.05) is 0 Å². The molecule has 6 heteroatoms. The highest BCUT2D eigenvalue weighted by atomic mass is 16.2. The van der Waals surface area contributed by atoms with Crippen LogP contribution in [-0.4, -0.2) is 41.8 Å². The number of carbonyl (C=O) groups is 3. The van der Waals surface area contributed by atoms with Crippen LogP contribution in [0.5, 0.6) is 0 Å². The predicted molar refractivity (Wildman–Crippen MR) is 77.1 cm³/mol. The molecular formula is C15H17N3O3. The van der Waals surface area contributed by atoms with Gasteiger partial charge in [0.05, 0.1) is 16.7 Å². The number of hydrogen-bond donors (Lipinski definition) is 2. The number of rotatable bonds is 2. The number of carbonyl (C=O) groups excluding carboxylic acids is 3. The Balaban J connectivity index is 1.84. The molecule has 0 bridgehead atoms. The quantitative estimate of drug-likeness (QED) is 0.795. The third kappa shape index (κ3) is 2.12. The molecule has 3 amide bonds. The summed E-state index contributed by atoms with van der Waals surface area (Å²) < 4.78 is 0. The summed E-state index contributed by atoms with van der Waals surface area (Å²) in [6, 6.07) is 4.80. The normalized spacial score (nSPS) is 24.4. The molecule has 3 rings (SSSR count). The molecule has 0 spiro atoms. The van der Waals surface area contributed by atoms with E-state index in [-0.39, 0.29) is 17.7 Å². The maximum atomic E-state index is 12.3. The van der Waals surface area contributed by atoms with Gasteiger partial charge in [-0.15, -0.1) is 0 Å². The second-order valence-electron chi connectivity index (χ2n) is 5.75. The van der Waals surface area contributed by atoms with Crippen LogP contribution in [-0.2, 0) is 4.79 Å². The number of amides is 3. The van der Waals surface area contributed by atoms with Crippen LogP contribution in [0.1, 0.15) is 40.5 Å². The summed E-state index contributed by atoms with van der Waals surface area (Å²) in [5.74, 6) is -0.765. The Kier molecular flexibility index (Phi) is 3.06. The summed E-state index contributed by atoms with van der Waals surface area (Å²) in [6.07, 6.45) is 1.75. The molecule has 6 nitrogen and oxygen atoms in total.